The molecule has 5 aromatic rings. The molecule has 1 unspecified atom stereocenters. The molecule has 3 heterocycles. The van der Waals surface area contributed by atoms with Gasteiger partial charge in [-0.2, -0.15) is 0 Å². The van der Waals surface area contributed by atoms with E-state index in [9.17, 15) is 9.90 Å². The lowest BCUT2D eigenvalue weighted by Gasteiger charge is -2.28. The number of aromatic nitrogens is 1. The van der Waals surface area contributed by atoms with E-state index in [2.05, 4.69) is 40.2 Å². The van der Waals surface area contributed by atoms with E-state index >= 15 is 0 Å². The minimum Gasteiger partial charge on any atom is -0.508 e. The van der Waals surface area contributed by atoms with Crippen molar-refractivity contribution < 1.29 is 9.90 Å². The fraction of sp³-hybridized carbons (Fsp3) is 0.182. The zero-order chi connectivity index (χ0) is 27.4. The van der Waals surface area contributed by atoms with E-state index in [1.807, 2.05) is 47.4 Å². The third-order valence-electron chi connectivity index (χ3n) is 8.17. The molecule has 0 radical (unpaired) electrons. The van der Waals surface area contributed by atoms with Gasteiger partial charge in [0.15, 0.2) is 0 Å². The molecular formula is C33H29ClN4O2. The fourth-order valence-electron chi connectivity index (χ4n) is 6.09. The van der Waals surface area contributed by atoms with Gasteiger partial charge in [0.05, 0.1) is 0 Å². The van der Waals surface area contributed by atoms with Gasteiger partial charge in [0, 0.05) is 58.7 Å². The predicted octanol–water partition coefficient (Wildman–Crippen LogP) is 6.48. The first-order valence-electron chi connectivity index (χ1n) is 13.6. The van der Waals surface area contributed by atoms with Crippen LogP contribution >= 0.6 is 11.6 Å². The van der Waals surface area contributed by atoms with Crippen molar-refractivity contribution in [3.8, 4) is 16.9 Å². The maximum atomic E-state index is 14.0. The average molecular weight is 549 g/mol. The van der Waals surface area contributed by atoms with Crippen molar-refractivity contribution >= 4 is 34.1 Å². The maximum absolute atomic E-state index is 14.0. The zero-order valence-electron chi connectivity index (χ0n) is 21.8. The quantitative estimate of drug-likeness (QED) is 0.235. The van der Waals surface area contributed by atoms with Crippen LogP contribution in [-0.2, 0) is 6.54 Å². The molecule has 1 fully saturated rings. The van der Waals surface area contributed by atoms with Gasteiger partial charge in [-0.25, -0.2) is 0 Å². The van der Waals surface area contributed by atoms with Crippen molar-refractivity contribution in [1.82, 2.24) is 9.88 Å². The number of benzene rings is 4. The van der Waals surface area contributed by atoms with Gasteiger partial charge in [-0.3, -0.25) is 4.79 Å². The molecule has 2 aliphatic rings. The monoisotopic (exact) mass is 548 g/mol. The van der Waals surface area contributed by atoms with Crippen LogP contribution in [0, 0.1) is 0 Å². The van der Waals surface area contributed by atoms with Crippen LogP contribution in [0.15, 0.2) is 91.0 Å². The first-order valence-corrected chi connectivity index (χ1v) is 13.9. The molecule has 7 rings (SSSR count). The van der Waals surface area contributed by atoms with Crippen LogP contribution in [0.5, 0.6) is 5.75 Å². The SMILES string of the molecule is NC1CCN(c2ccc(-c3ccc4c(c3)C(=O)N([C@@H](c3cc5ccccc5[nH]3)c3cc(Cl)ccc3O)C4)cc2)C1. The van der Waals surface area contributed by atoms with E-state index in [1.54, 1.807) is 18.2 Å². The summed E-state index contributed by atoms with van der Waals surface area (Å²) in [4.78, 5) is 21.6. The summed E-state index contributed by atoms with van der Waals surface area (Å²) >= 11 is 6.37. The van der Waals surface area contributed by atoms with Crippen molar-refractivity contribution in [2.45, 2.75) is 25.0 Å². The highest BCUT2D eigenvalue weighted by Gasteiger charge is 2.36. The van der Waals surface area contributed by atoms with Crippen LogP contribution < -0.4 is 10.6 Å². The third kappa shape index (κ3) is 4.30. The van der Waals surface area contributed by atoms with Crippen LogP contribution in [0.4, 0.5) is 5.69 Å². The Kier molecular flexibility index (Phi) is 6.02. The molecule has 4 aromatic carbocycles. The summed E-state index contributed by atoms with van der Waals surface area (Å²) in [5.74, 6) is 0.0131. The molecule has 7 heteroatoms. The Morgan fingerprint density at radius 2 is 1.75 bits per heavy atom. The number of H-pyrrole nitrogens is 1. The summed E-state index contributed by atoms with van der Waals surface area (Å²) in [6.07, 6.45) is 1.01. The lowest BCUT2D eigenvalue weighted by atomic mass is 10.00. The molecule has 200 valence electrons. The number of nitrogens with zero attached hydrogens (tertiary/aromatic N) is 2. The number of carbonyl (C=O) groups excluding carboxylic acids is 1. The van der Waals surface area contributed by atoms with Crippen LogP contribution in [0.2, 0.25) is 5.02 Å². The molecule has 0 aliphatic carbocycles. The number of nitrogens with two attached hydrogens (primary N) is 1. The van der Waals surface area contributed by atoms with Gasteiger partial charge < -0.3 is 25.6 Å². The topological polar surface area (TPSA) is 85.6 Å². The molecule has 0 saturated carbocycles. The van der Waals surface area contributed by atoms with Crippen molar-refractivity contribution in [3.05, 3.63) is 118 Å². The number of amides is 1. The van der Waals surface area contributed by atoms with Gasteiger partial charge in [-0.1, -0.05) is 54.1 Å². The molecule has 1 saturated heterocycles. The number of phenols is 1. The second-order valence-electron chi connectivity index (χ2n) is 10.8. The highest BCUT2D eigenvalue weighted by atomic mass is 35.5. The fourth-order valence-corrected chi connectivity index (χ4v) is 6.27. The van der Waals surface area contributed by atoms with E-state index in [1.165, 1.54) is 5.69 Å². The minimum atomic E-state index is -0.541. The largest absolute Gasteiger partial charge is 0.508 e. The molecule has 0 bridgehead atoms. The molecule has 4 N–H and O–H groups in total. The van der Waals surface area contributed by atoms with E-state index in [-0.39, 0.29) is 17.7 Å². The van der Waals surface area contributed by atoms with Gasteiger partial charge in [-0.05, 0) is 77.0 Å². The summed E-state index contributed by atoms with van der Waals surface area (Å²) in [6, 6.07) is 29.3. The molecule has 0 spiro atoms. The summed E-state index contributed by atoms with van der Waals surface area (Å²) in [6.45, 7) is 2.28. The predicted molar refractivity (Wildman–Crippen MR) is 160 cm³/mol. The highest BCUT2D eigenvalue weighted by Crippen LogP contribution is 2.41. The number of nitrogens with one attached hydrogen (secondary N) is 1. The number of para-hydroxylation sites is 1. The summed E-state index contributed by atoms with van der Waals surface area (Å²) in [5, 5.41) is 12.4. The summed E-state index contributed by atoms with van der Waals surface area (Å²) in [7, 11) is 0. The Labute approximate surface area is 237 Å². The van der Waals surface area contributed by atoms with Crippen LogP contribution in [0.1, 0.15) is 39.6 Å². The van der Waals surface area contributed by atoms with Gasteiger partial charge in [0.2, 0.25) is 0 Å². The molecular weight excluding hydrogens is 520 g/mol. The number of anilines is 1. The van der Waals surface area contributed by atoms with Crippen LogP contribution in [-0.4, -0.2) is 40.0 Å². The minimum absolute atomic E-state index is 0.0810. The molecule has 6 nitrogen and oxygen atoms in total. The lowest BCUT2D eigenvalue weighted by Crippen LogP contribution is -2.30. The van der Waals surface area contributed by atoms with E-state index < -0.39 is 6.04 Å². The molecule has 2 atom stereocenters. The zero-order valence-corrected chi connectivity index (χ0v) is 22.6. The smallest absolute Gasteiger partial charge is 0.255 e. The number of halogens is 1. The van der Waals surface area contributed by atoms with E-state index in [4.69, 9.17) is 17.3 Å². The van der Waals surface area contributed by atoms with Gasteiger partial charge in [0.25, 0.3) is 5.91 Å². The highest BCUT2D eigenvalue weighted by molar-refractivity contribution is 6.30. The third-order valence-corrected chi connectivity index (χ3v) is 8.41. The van der Waals surface area contributed by atoms with E-state index in [0.29, 0.717) is 22.7 Å². The second kappa shape index (κ2) is 9.73. The standard InChI is InChI=1S/C33H29ClN4O2/c34-24-9-12-31(39)28(17-24)32(30-16-22-3-1-2-4-29(22)36-30)38-18-23-6-5-21(15-27(23)33(38)40)20-7-10-26(11-8-20)37-14-13-25(35)19-37/h1-12,15-17,25,32,36,39H,13-14,18-19,35H2/t25?,32-/m1/s1. The summed E-state index contributed by atoms with van der Waals surface area (Å²) in [5.41, 5.74) is 13.3. The number of hydrogen-bond donors (Lipinski definition) is 3. The van der Waals surface area contributed by atoms with Crippen LogP contribution in [0.3, 0.4) is 0 Å². The molecule has 2 aliphatic heterocycles. The number of aromatic hydroxyl groups is 1. The number of aromatic amines is 1. The summed E-state index contributed by atoms with van der Waals surface area (Å²) < 4.78 is 0. The van der Waals surface area contributed by atoms with Gasteiger partial charge in [0.1, 0.15) is 11.8 Å². The molecule has 1 amide bonds. The molecule has 40 heavy (non-hydrogen) atoms. The Balaban J connectivity index is 1.24. The number of carbonyl (C=O) groups is 1. The van der Waals surface area contributed by atoms with Crippen molar-refractivity contribution in [1.29, 1.82) is 0 Å². The maximum Gasteiger partial charge on any atom is 0.255 e. The Bertz CT molecular complexity index is 1710. The average Bonchev–Trinajstić information content (AvgIpc) is 3.68. The van der Waals surface area contributed by atoms with Crippen molar-refractivity contribution in [2.75, 3.05) is 18.0 Å². The van der Waals surface area contributed by atoms with E-state index in [0.717, 1.165) is 52.8 Å². The van der Waals surface area contributed by atoms with Gasteiger partial charge in [-0.15, -0.1) is 0 Å². The van der Waals surface area contributed by atoms with Crippen molar-refractivity contribution in [3.63, 3.8) is 0 Å². The number of phenolic OH excluding ortho intramolecular Hbond substituents is 1. The normalized spacial score (nSPS) is 17.6. The second-order valence-corrected chi connectivity index (χ2v) is 11.2. The lowest BCUT2D eigenvalue weighted by molar-refractivity contribution is 0.0727. The number of hydrogen-bond acceptors (Lipinski definition) is 4. The van der Waals surface area contributed by atoms with Gasteiger partial charge >= 0.3 is 0 Å². The van der Waals surface area contributed by atoms with Crippen LogP contribution in [0.25, 0.3) is 22.0 Å². The van der Waals surface area contributed by atoms with Crippen molar-refractivity contribution in [2.24, 2.45) is 5.73 Å². The first-order chi connectivity index (χ1) is 19.4. The Morgan fingerprint density at radius 3 is 2.52 bits per heavy atom. The number of rotatable bonds is 5. The first kappa shape index (κ1) is 24.8. The Morgan fingerprint density at radius 1 is 0.950 bits per heavy atom. The number of fused-ring (bicyclic) bond motifs is 2. The molecule has 1 aromatic heterocycles. The Hall–Kier alpha value is -4.26.